The third-order valence-corrected chi connectivity index (χ3v) is 1.72. The number of rotatable bonds is 3. The number of halogens is 1. The molecule has 60 valence electrons. The number of ketones is 1. The average Bonchev–Trinajstić information content (AvgIpc) is 2.36. The molecule has 0 saturated carbocycles. The van der Waals surface area contributed by atoms with Crippen molar-refractivity contribution in [2.75, 3.05) is 5.33 Å². The smallest absolute Gasteiger partial charge is 0.181 e. The molecule has 0 unspecified atom stereocenters. The summed E-state index contributed by atoms with van der Waals surface area (Å²) in [6, 6.07) is 0. The monoisotopic (exact) mass is 216 g/mol. The number of aromatic amines is 1. The van der Waals surface area contributed by atoms with Crippen molar-refractivity contribution >= 4 is 21.7 Å². The number of nitrogens with one attached hydrogen (secondary N) is 1. The van der Waals surface area contributed by atoms with Crippen LogP contribution in [0.15, 0.2) is 6.20 Å². The van der Waals surface area contributed by atoms with Crippen LogP contribution >= 0.6 is 15.9 Å². The van der Waals surface area contributed by atoms with E-state index >= 15 is 0 Å². The Bertz CT molecular complexity index is 257. The van der Waals surface area contributed by atoms with E-state index in [1.807, 2.05) is 6.92 Å². The molecule has 0 atom stereocenters. The number of aromatic nitrogens is 2. The van der Waals surface area contributed by atoms with Crippen LogP contribution < -0.4 is 0 Å². The molecule has 4 heteroatoms. The molecule has 11 heavy (non-hydrogen) atoms. The molecule has 1 heterocycles. The second kappa shape index (κ2) is 3.67. The Labute approximate surface area is 73.3 Å². The predicted octanol–water partition coefficient (Wildman–Crippen LogP) is 1.69. The van der Waals surface area contributed by atoms with Gasteiger partial charge in [-0.2, -0.15) is 0 Å². The number of aryl methyl sites for hydroxylation is 1. The number of alkyl halides is 1. The Morgan fingerprint density at radius 3 is 3.00 bits per heavy atom. The Morgan fingerprint density at radius 2 is 2.55 bits per heavy atom. The second-order valence-electron chi connectivity index (χ2n) is 2.24. The third-order valence-electron chi connectivity index (χ3n) is 1.32. The molecular weight excluding hydrogens is 208 g/mol. The molecule has 0 aliphatic rings. The van der Waals surface area contributed by atoms with E-state index in [2.05, 4.69) is 25.9 Å². The molecule has 0 radical (unpaired) electrons. The van der Waals surface area contributed by atoms with Crippen molar-refractivity contribution < 1.29 is 4.79 Å². The molecule has 0 fully saturated rings. The van der Waals surface area contributed by atoms with E-state index in [0.717, 1.165) is 5.82 Å². The number of nitrogens with zero attached hydrogens (tertiary/aromatic N) is 1. The average molecular weight is 217 g/mol. The van der Waals surface area contributed by atoms with Crippen LogP contribution in [0, 0.1) is 6.92 Å². The predicted molar refractivity (Wildman–Crippen MR) is 46.1 cm³/mol. The van der Waals surface area contributed by atoms with Gasteiger partial charge in [0.15, 0.2) is 5.78 Å². The van der Waals surface area contributed by atoms with Gasteiger partial charge in [-0.25, -0.2) is 4.98 Å². The zero-order valence-electron chi connectivity index (χ0n) is 6.22. The molecule has 0 spiro atoms. The van der Waals surface area contributed by atoms with Gasteiger partial charge in [-0.15, -0.1) is 0 Å². The SMILES string of the molecule is Cc1ncc(C(=O)CCBr)[nH]1. The Balaban J connectivity index is 2.69. The summed E-state index contributed by atoms with van der Waals surface area (Å²) in [5, 5.41) is 0.698. The van der Waals surface area contributed by atoms with Gasteiger partial charge < -0.3 is 4.98 Å². The minimum Gasteiger partial charge on any atom is -0.340 e. The first-order valence-electron chi connectivity index (χ1n) is 3.35. The largest absolute Gasteiger partial charge is 0.340 e. The lowest BCUT2D eigenvalue weighted by Crippen LogP contribution is -1.99. The molecule has 0 saturated heterocycles. The lowest BCUT2D eigenvalue weighted by Gasteiger charge is -1.90. The van der Waals surface area contributed by atoms with E-state index in [1.165, 1.54) is 0 Å². The molecule has 0 bridgehead atoms. The highest BCUT2D eigenvalue weighted by Crippen LogP contribution is 2.01. The van der Waals surface area contributed by atoms with E-state index in [0.29, 0.717) is 17.4 Å². The van der Waals surface area contributed by atoms with Crippen molar-refractivity contribution in [1.82, 2.24) is 9.97 Å². The van der Waals surface area contributed by atoms with E-state index < -0.39 is 0 Å². The fourth-order valence-electron chi connectivity index (χ4n) is 0.783. The molecule has 0 amide bonds. The Hall–Kier alpha value is -0.640. The first kappa shape index (κ1) is 8.46. The molecular formula is C7H9BrN2O. The molecule has 1 N–H and O–H groups in total. The maximum Gasteiger partial charge on any atom is 0.181 e. The van der Waals surface area contributed by atoms with Gasteiger partial charge in [0.25, 0.3) is 0 Å². The fourth-order valence-corrected chi connectivity index (χ4v) is 1.14. The summed E-state index contributed by atoms with van der Waals surface area (Å²) in [5.74, 6) is 0.880. The maximum atomic E-state index is 11.2. The van der Waals surface area contributed by atoms with Crippen LogP contribution in [0.1, 0.15) is 22.7 Å². The normalized spacial score (nSPS) is 10.0. The standard InChI is InChI=1S/C7H9BrN2O/c1-5-9-4-6(10-5)7(11)2-3-8/h4H,2-3H2,1H3,(H,9,10). The van der Waals surface area contributed by atoms with Gasteiger partial charge in [-0.05, 0) is 6.92 Å². The first-order valence-corrected chi connectivity index (χ1v) is 4.47. The number of carbonyl (C=O) groups excluding carboxylic acids is 1. The number of hydrogen-bond donors (Lipinski definition) is 1. The van der Waals surface area contributed by atoms with Gasteiger partial charge in [0.2, 0.25) is 0 Å². The molecule has 1 aromatic rings. The van der Waals surface area contributed by atoms with Gasteiger partial charge in [0, 0.05) is 11.8 Å². The highest BCUT2D eigenvalue weighted by atomic mass is 79.9. The van der Waals surface area contributed by atoms with E-state index in [1.54, 1.807) is 6.20 Å². The molecule has 1 rings (SSSR count). The van der Waals surface area contributed by atoms with Crippen molar-refractivity contribution in [1.29, 1.82) is 0 Å². The number of H-pyrrole nitrogens is 1. The minimum atomic E-state index is 0.0995. The van der Waals surface area contributed by atoms with Crippen molar-refractivity contribution in [3.8, 4) is 0 Å². The summed E-state index contributed by atoms with van der Waals surface area (Å²) in [6.07, 6.45) is 2.09. The second-order valence-corrected chi connectivity index (χ2v) is 3.04. The summed E-state index contributed by atoms with van der Waals surface area (Å²) >= 11 is 3.20. The molecule has 1 aromatic heterocycles. The summed E-state index contributed by atoms with van der Waals surface area (Å²) in [5.41, 5.74) is 0.599. The number of Topliss-reactive ketones (excluding diaryl/α,β-unsaturated/α-hetero) is 1. The number of imidazole rings is 1. The van der Waals surface area contributed by atoms with Gasteiger partial charge >= 0.3 is 0 Å². The maximum absolute atomic E-state index is 11.2. The minimum absolute atomic E-state index is 0.0995. The summed E-state index contributed by atoms with van der Waals surface area (Å²) in [7, 11) is 0. The molecule has 0 aromatic carbocycles. The van der Waals surface area contributed by atoms with E-state index in [-0.39, 0.29) is 5.78 Å². The van der Waals surface area contributed by atoms with E-state index in [9.17, 15) is 4.79 Å². The van der Waals surface area contributed by atoms with Crippen LogP contribution in [0.5, 0.6) is 0 Å². The van der Waals surface area contributed by atoms with Gasteiger partial charge in [-0.3, -0.25) is 4.79 Å². The van der Waals surface area contributed by atoms with Crippen LogP contribution in [0.25, 0.3) is 0 Å². The molecule has 3 nitrogen and oxygen atoms in total. The zero-order chi connectivity index (χ0) is 8.27. The van der Waals surface area contributed by atoms with Crippen LogP contribution in [0.2, 0.25) is 0 Å². The highest BCUT2D eigenvalue weighted by Gasteiger charge is 2.06. The zero-order valence-corrected chi connectivity index (χ0v) is 7.81. The third kappa shape index (κ3) is 2.15. The first-order chi connectivity index (χ1) is 5.24. The van der Waals surface area contributed by atoms with Gasteiger partial charge in [0.1, 0.15) is 11.5 Å². The summed E-state index contributed by atoms with van der Waals surface area (Å²) < 4.78 is 0. The van der Waals surface area contributed by atoms with Crippen molar-refractivity contribution in [3.63, 3.8) is 0 Å². The fraction of sp³-hybridized carbons (Fsp3) is 0.429. The highest BCUT2D eigenvalue weighted by molar-refractivity contribution is 9.09. The van der Waals surface area contributed by atoms with Crippen LogP contribution in [-0.2, 0) is 0 Å². The summed E-state index contributed by atoms with van der Waals surface area (Å²) in [6.45, 7) is 1.82. The van der Waals surface area contributed by atoms with Gasteiger partial charge in [0.05, 0.1) is 6.20 Å². The quantitative estimate of drug-likeness (QED) is 0.618. The van der Waals surface area contributed by atoms with Crippen molar-refractivity contribution in [3.05, 3.63) is 17.7 Å². The summed E-state index contributed by atoms with van der Waals surface area (Å²) in [4.78, 5) is 18.0. The van der Waals surface area contributed by atoms with Crippen molar-refractivity contribution in [2.24, 2.45) is 0 Å². The molecule has 0 aliphatic heterocycles. The van der Waals surface area contributed by atoms with Crippen molar-refractivity contribution in [2.45, 2.75) is 13.3 Å². The lowest BCUT2D eigenvalue weighted by atomic mass is 10.2. The Kier molecular flexibility index (Phi) is 2.82. The molecule has 0 aliphatic carbocycles. The number of hydrogen-bond acceptors (Lipinski definition) is 2. The Morgan fingerprint density at radius 1 is 1.82 bits per heavy atom. The number of carbonyl (C=O) groups is 1. The van der Waals surface area contributed by atoms with E-state index in [4.69, 9.17) is 0 Å². The topological polar surface area (TPSA) is 45.8 Å². The van der Waals surface area contributed by atoms with Crippen LogP contribution in [0.3, 0.4) is 0 Å². The van der Waals surface area contributed by atoms with Gasteiger partial charge in [-0.1, -0.05) is 15.9 Å². The van der Waals surface area contributed by atoms with Crippen LogP contribution in [-0.4, -0.2) is 21.1 Å². The lowest BCUT2D eigenvalue weighted by molar-refractivity contribution is 0.0985. The van der Waals surface area contributed by atoms with Crippen LogP contribution in [0.4, 0.5) is 0 Å².